The quantitative estimate of drug-likeness (QED) is 0.857. The second-order valence-electron chi connectivity index (χ2n) is 4.16. The highest BCUT2D eigenvalue weighted by Gasteiger charge is 2.03. The number of anilines is 1. The van der Waals surface area contributed by atoms with Crippen LogP contribution in [0.1, 0.15) is 11.1 Å². The standard InChI is InChI=1S/C15H12Cl2N2O/c1-10-3-2-8-18-15(10)19-14(20)7-5-11-4-6-12(16)9-13(11)17/h2-9H,1H3,(H,18,19,20). The van der Waals surface area contributed by atoms with Gasteiger partial charge in [0.25, 0.3) is 0 Å². The second kappa shape index (κ2) is 6.55. The SMILES string of the molecule is Cc1cccnc1NC(=O)C=Cc1ccc(Cl)cc1Cl. The van der Waals surface area contributed by atoms with Gasteiger partial charge in [-0.3, -0.25) is 4.79 Å². The average Bonchev–Trinajstić information content (AvgIpc) is 2.40. The van der Waals surface area contributed by atoms with Crippen LogP contribution in [0.2, 0.25) is 10.0 Å². The molecular weight excluding hydrogens is 295 g/mol. The van der Waals surface area contributed by atoms with E-state index in [-0.39, 0.29) is 5.91 Å². The van der Waals surface area contributed by atoms with Crippen molar-refractivity contribution in [1.82, 2.24) is 4.98 Å². The summed E-state index contributed by atoms with van der Waals surface area (Å²) in [6.07, 6.45) is 4.66. The van der Waals surface area contributed by atoms with E-state index < -0.39 is 0 Å². The maximum Gasteiger partial charge on any atom is 0.249 e. The topological polar surface area (TPSA) is 42.0 Å². The molecule has 1 heterocycles. The summed E-state index contributed by atoms with van der Waals surface area (Å²) in [5, 5.41) is 3.76. The molecule has 0 unspecified atom stereocenters. The fourth-order valence-electron chi connectivity index (χ4n) is 1.58. The van der Waals surface area contributed by atoms with E-state index in [9.17, 15) is 4.79 Å². The molecule has 0 spiro atoms. The van der Waals surface area contributed by atoms with Crippen molar-refractivity contribution in [3.8, 4) is 0 Å². The first-order valence-corrected chi connectivity index (χ1v) is 6.67. The van der Waals surface area contributed by atoms with Crippen LogP contribution in [0.5, 0.6) is 0 Å². The van der Waals surface area contributed by atoms with E-state index >= 15 is 0 Å². The van der Waals surface area contributed by atoms with Crippen molar-refractivity contribution in [2.75, 3.05) is 5.32 Å². The minimum Gasteiger partial charge on any atom is -0.307 e. The minimum atomic E-state index is -0.266. The van der Waals surface area contributed by atoms with Crippen molar-refractivity contribution in [3.63, 3.8) is 0 Å². The third kappa shape index (κ3) is 3.83. The van der Waals surface area contributed by atoms with Gasteiger partial charge in [-0.1, -0.05) is 35.3 Å². The summed E-state index contributed by atoms with van der Waals surface area (Å²) in [5.41, 5.74) is 1.63. The number of carbonyl (C=O) groups excluding carboxylic acids is 1. The zero-order chi connectivity index (χ0) is 14.5. The Morgan fingerprint density at radius 3 is 2.80 bits per heavy atom. The van der Waals surface area contributed by atoms with Gasteiger partial charge in [-0.05, 0) is 42.3 Å². The molecule has 1 N–H and O–H groups in total. The van der Waals surface area contributed by atoms with Crippen LogP contribution in [0.25, 0.3) is 6.08 Å². The van der Waals surface area contributed by atoms with Crippen molar-refractivity contribution < 1.29 is 4.79 Å². The van der Waals surface area contributed by atoms with E-state index in [0.29, 0.717) is 15.9 Å². The molecule has 0 fully saturated rings. The maximum absolute atomic E-state index is 11.8. The smallest absolute Gasteiger partial charge is 0.249 e. The lowest BCUT2D eigenvalue weighted by Gasteiger charge is -2.04. The lowest BCUT2D eigenvalue weighted by atomic mass is 10.2. The van der Waals surface area contributed by atoms with E-state index in [2.05, 4.69) is 10.3 Å². The number of amides is 1. The van der Waals surface area contributed by atoms with Crippen LogP contribution in [0.4, 0.5) is 5.82 Å². The molecule has 20 heavy (non-hydrogen) atoms. The highest BCUT2D eigenvalue weighted by atomic mass is 35.5. The fourth-order valence-corrected chi connectivity index (χ4v) is 2.05. The third-order valence-corrected chi connectivity index (χ3v) is 3.19. The summed E-state index contributed by atoms with van der Waals surface area (Å²) in [4.78, 5) is 15.9. The number of rotatable bonds is 3. The first-order chi connectivity index (χ1) is 9.56. The van der Waals surface area contributed by atoms with Gasteiger partial charge in [0.05, 0.1) is 0 Å². The predicted molar refractivity (Wildman–Crippen MR) is 83.1 cm³/mol. The summed E-state index contributed by atoms with van der Waals surface area (Å²) in [6.45, 7) is 1.88. The summed E-state index contributed by atoms with van der Waals surface area (Å²) in [5.74, 6) is 0.280. The van der Waals surface area contributed by atoms with Gasteiger partial charge in [-0.25, -0.2) is 4.98 Å². The van der Waals surface area contributed by atoms with Crippen LogP contribution in [-0.4, -0.2) is 10.9 Å². The molecule has 5 heteroatoms. The van der Waals surface area contributed by atoms with Gasteiger partial charge in [-0.2, -0.15) is 0 Å². The van der Waals surface area contributed by atoms with E-state index in [4.69, 9.17) is 23.2 Å². The highest BCUT2D eigenvalue weighted by molar-refractivity contribution is 6.35. The van der Waals surface area contributed by atoms with Gasteiger partial charge in [0.2, 0.25) is 5.91 Å². The van der Waals surface area contributed by atoms with Crippen molar-refractivity contribution in [3.05, 3.63) is 63.8 Å². The molecule has 0 aliphatic carbocycles. The molecule has 0 aliphatic rings. The number of nitrogens with zero attached hydrogens (tertiary/aromatic N) is 1. The molecule has 102 valence electrons. The number of hydrogen-bond donors (Lipinski definition) is 1. The number of aromatic nitrogens is 1. The molecule has 0 bridgehead atoms. The Kier molecular flexibility index (Phi) is 4.77. The summed E-state index contributed by atoms with van der Waals surface area (Å²) < 4.78 is 0. The Morgan fingerprint density at radius 1 is 1.30 bits per heavy atom. The zero-order valence-electron chi connectivity index (χ0n) is 10.7. The van der Waals surface area contributed by atoms with Crippen LogP contribution in [0.15, 0.2) is 42.6 Å². The maximum atomic E-state index is 11.8. The molecule has 0 saturated carbocycles. The molecule has 0 atom stereocenters. The Hall–Kier alpha value is -1.84. The van der Waals surface area contributed by atoms with Crippen LogP contribution in [0, 0.1) is 6.92 Å². The number of benzene rings is 1. The Bertz CT molecular complexity index is 669. The summed E-state index contributed by atoms with van der Waals surface area (Å²) in [6, 6.07) is 8.79. The first kappa shape index (κ1) is 14.6. The lowest BCUT2D eigenvalue weighted by Crippen LogP contribution is -2.10. The molecule has 1 aromatic heterocycles. The van der Waals surface area contributed by atoms with Gasteiger partial charge in [-0.15, -0.1) is 0 Å². The number of halogens is 2. The van der Waals surface area contributed by atoms with E-state index in [1.807, 2.05) is 19.1 Å². The normalized spacial score (nSPS) is 10.8. The number of nitrogens with one attached hydrogen (secondary N) is 1. The fraction of sp³-hybridized carbons (Fsp3) is 0.0667. The molecule has 0 saturated heterocycles. The molecule has 1 aromatic carbocycles. The van der Waals surface area contributed by atoms with Crippen molar-refractivity contribution in [2.24, 2.45) is 0 Å². The molecule has 2 rings (SSSR count). The van der Waals surface area contributed by atoms with Crippen LogP contribution in [-0.2, 0) is 4.79 Å². The van der Waals surface area contributed by atoms with Gasteiger partial charge in [0.15, 0.2) is 0 Å². The van der Waals surface area contributed by atoms with Crippen molar-refractivity contribution in [1.29, 1.82) is 0 Å². The molecule has 0 aliphatic heterocycles. The predicted octanol–water partition coefficient (Wildman–Crippen LogP) is 4.35. The van der Waals surface area contributed by atoms with Gasteiger partial charge < -0.3 is 5.32 Å². The molecule has 2 aromatic rings. The highest BCUT2D eigenvalue weighted by Crippen LogP contribution is 2.22. The largest absolute Gasteiger partial charge is 0.307 e. The van der Waals surface area contributed by atoms with Gasteiger partial charge in [0.1, 0.15) is 5.82 Å². The number of carbonyl (C=O) groups is 1. The number of aryl methyl sites for hydroxylation is 1. The van der Waals surface area contributed by atoms with Crippen LogP contribution < -0.4 is 5.32 Å². The van der Waals surface area contributed by atoms with Gasteiger partial charge >= 0.3 is 0 Å². The zero-order valence-corrected chi connectivity index (χ0v) is 12.2. The first-order valence-electron chi connectivity index (χ1n) is 5.92. The van der Waals surface area contributed by atoms with Crippen molar-refractivity contribution in [2.45, 2.75) is 6.92 Å². The number of pyridine rings is 1. The van der Waals surface area contributed by atoms with E-state index in [0.717, 1.165) is 11.1 Å². The summed E-state index contributed by atoms with van der Waals surface area (Å²) in [7, 11) is 0. The minimum absolute atomic E-state index is 0.266. The third-order valence-electron chi connectivity index (χ3n) is 2.63. The number of hydrogen-bond acceptors (Lipinski definition) is 2. The second-order valence-corrected chi connectivity index (χ2v) is 5.00. The van der Waals surface area contributed by atoms with Gasteiger partial charge in [0, 0.05) is 22.3 Å². The molecule has 3 nitrogen and oxygen atoms in total. The Morgan fingerprint density at radius 2 is 2.10 bits per heavy atom. The lowest BCUT2D eigenvalue weighted by molar-refractivity contribution is -0.111. The summed E-state index contributed by atoms with van der Waals surface area (Å²) >= 11 is 11.8. The Balaban J connectivity index is 2.08. The monoisotopic (exact) mass is 306 g/mol. The van der Waals surface area contributed by atoms with E-state index in [1.54, 1.807) is 30.5 Å². The molecule has 1 amide bonds. The molecular formula is C15H12Cl2N2O. The van der Waals surface area contributed by atoms with Crippen molar-refractivity contribution >= 4 is 41.0 Å². The van der Waals surface area contributed by atoms with Crippen LogP contribution in [0.3, 0.4) is 0 Å². The Labute approximate surface area is 127 Å². The van der Waals surface area contributed by atoms with Crippen LogP contribution >= 0.6 is 23.2 Å². The van der Waals surface area contributed by atoms with E-state index in [1.165, 1.54) is 6.08 Å². The average molecular weight is 307 g/mol. The molecule has 0 radical (unpaired) electrons.